The number of hydrogen-bond donors (Lipinski definition) is 4. The highest BCUT2D eigenvalue weighted by Gasteiger charge is 2.19. The number of carbonyl (C=O) groups is 1. The molecular weight excluding hydrogens is 573 g/mol. The molecule has 0 aliphatic carbocycles. The molecule has 0 fully saturated rings. The Morgan fingerprint density at radius 3 is 2.73 bits per heavy atom. The fraction of sp³-hybridized carbons (Fsp3) is 0.324. The van der Waals surface area contributed by atoms with Crippen LogP contribution in [-0.4, -0.2) is 59.7 Å². The number of fused-ring (bicyclic) bond motifs is 1. The summed E-state index contributed by atoms with van der Waals surface area (Å²) >= 11 is 0. The minimum absolute atomic E-state index is 0.0278. The Kier molecular flexibility index (Phi) is 12.5. The molecule has 236 valence electrons. The van der Waals surface area contributed by atoms with Gasteiger partial charge in [0, 0.05) is 47.9 Å². The summed E-state index contributed by atoms with van der Waals surface area (Å²) in [6.45, 7) is 8.27. The van der Waals surface area contributed by atoms with E-state index in [0.717, 1.165) is 24.1 Å². The molecule has 0 unspecified atom stereocenters. The Labute approximate surface area is 263 Å². The molecule has 0 spiro atoms. The first-order chi connectivity index (χ1) is 22.0. The molecule has 10 nitrogen and oxygen atoms in total. The lowest BCUT2D eigenvalue weighted by Crippen LogP contribution is -2.26. The Morgan fingerprint density at radius 1 is 1.13 bits per heavy atom. The number of benzene rings is 2. The van der Waals surface area contributed by atoms with E-state index in [1.54, 1.807) is 36.8 Å². The lowest BCUT2D eigenvalue weighted by molar-refractivity contribution is 0.0952. The number of imidazole rings is 1. The Morgan fingerprint density at radius 2 is 1.96 bits per heavy atom. The lowest BCUT2D eigenvalue weighted by atomic mass is 10.0. The van der Waals surface area contributed by atoms with E-state index in [1.165, 1.54) is 0 Å². The molecule has 0 aliphatic heterocycles. The number of allylic oxidation sites excluding steroid dienone is 1. The third-order valence-corrected chi connectivity index (χ3v) is 7.01. The van der Waals surface area contributed by atoms with E-state index in [2.05, 4.69) is 39.0 Å². The van der Waals surface area contributed by atoms with Gasteiger partial charge < -0.3 is 31.6 Å². The summed E-state index contributed by atoms with van der Waals surface area (Å²) < 4.78 is 28.5. The number of ether oxygens (including phenoxy) is 2. The Balaban J connectivity index is 1.56. The number of aryl methyl sites for hydroxylation is 1. The van der Waals surface area contributed by atoms with E-state index in [1.807, 2.05) is 29.5 Å². The number of anilines is 2. The summed E-state index contributed by atoms with van der Waals surface area (Å²) in [7, 11) is 0. The van der Waals surface area contributed by atoms with Crippen molar-refractivity contribution in [3.05, 3.63) is 84.1 Å². The van der Waals surface area contributed by atoms with Gasteiger partial charge in [0.2, 0.25) is 0 Å². The van der Waals surface area contributed by atoms with E-state index in [0.29, 0.717) is 66.5 Å². The molecular formula is C34H40FN7O3. The molecule has 0 radical (unpaired) electrons. The van der Waals surface area contributed by atoms with Gasteiger partial charge in [-0.15, -0.1) is 6.58 Å². The fourth-order valence-corrected chi connectivity index (χ4v) is 4.75. The SMILES string of the molecule is C=CCc1c(-c2cnc3c(Nc4ccc(C(=O)NCCCN)c(CC)c4)nccn23)ccc(OCC#CCOCCCN)c1F. The molecule has 0 saturated heterocycles. The van der Waals surface area contributed by atoms with Gasteiger partial charge in [-0.3, -0.25) is 9.20 Å². The number of nitrogens with two attached hydrogens (primary N) is 2. The highest BCUT2D eigenvalue weighted by atomic mass is 19.1. The van der Waals surface area contributed by atoms with Gasteiger partial charge >= 0.3 is 0 Å². The van der Waals surface area contributed by atoms with Crippen LogP contribution in [0.4, 0.5) is 15.9 Å². The van der Waals surface area contributed by atoms with Gasteiger partial charge in [0.25, 0.3) is 5.91 Å². The number of nitrogens with one attached hydrogen (secondary N) is 2. The van der Waals surface area contributed by atoms with Crippen LogP contribution in [0.15, 0.2) is 61.6 Å². The molecule has 11 heteroatoms. The first-order valence-electron chi connectivity index (χ1n) is 15.0. The topological polar surface area (TPSA) is 142 Å². The molecule has 0 bridgehead atoms. The number of aromatic nitrogens is 3. The number of halogens is 1. The quantitative estimate of drug-likeness (QED) is 0.0828. The maximum Gasteiger partial charge on any atom is 0.251 e. The second-order valence-electron chi connectivity index (χ2n) is 10.1. The maximum absolute atomic E-state index is 15.7. The first kappa shape index (κ1) is 33.1. The zero-order chi connectivity index (χ0) is 32.0. The van der Waals surface area contributed by atoms with Crippen LogP contribution in [0.1, 0.15) is 41.3 Å². The zero-order valence-electron chi connectivity index (χ0n) is 25.6. The predicted octanol–water partition coefficient (Wildman–Crippen LogP) is 4.40. The second kappa shape index (κ2) is 16.9. The molecule has 4 rings (SSSR count). The number of amides is 1. The number of nitrogens with zero attached hydrogens (tertiary/aromatic N) is 3. The van der Waals surface area contributed by atoms with Crippen molar-refractivity contribution in [2.24, 2.45) is 11.5 Å². The van der Waals surface area contributed by atoms with E-state index in [-0.39, 0.29) is 31.3 Å². The second-order valence-corrected chi connectivity index (χ2v) is 10.1. The first-order valence-corrected chi connectivity index (χ1v) is 15.0. The van der Waals surface area contributed by atoms with Gasteiger partial charge in [0.15, 0.2) is 23.0 Å². The van der Waals surface area contributed by atoms with Crippen LogP contribution in [0.3, 0.4) is 0 Å². The van der Waals surface area contributed by atoms with Crippen LogP contribution in [0.5, 0.6) is 5.75 Å². The minimum Gasteiger partial charge on any atom is -0.478 e. The van der Waals surface area contributed by atoms with Gasteiger partial charge in [-0.2, -0.15) is 0 Å². The predicted molar refractivity (Wildman–Crippen MR) is 175 cm³/mol. The molecule has 0 saturated carbocycles. The van der Waals surface area contributed by atoms with Crippen molar-refractivity contribution in [3.63, 3.8) is 0 Å². The van der Waals surface area contributed by atoms with Crippen molar-refractivity contribution >= 4 is 23.1 Å². The molecule has 1 amide bonds. The standard InChI is InChI=1S/C34H40FN7O3/c1-3-9-28-27(12-13-30(31(28)35)45-21-6-5-19-44-20-8-15-37)29-23-40-33-32(38-17-18-42(29)33)41-25-10-11-26(24(4-2)22-25)34(43)39-16-7-14-36/h3,10-13,17-18,22-23H,1,4,7-9,14-16,19-21,36-37H2,2H3,(H,38,41)(H,39,43). The van der Waals surface area contributed by atoms with Gasteiger partial charge in [-0.25, -0.2) is 14.4 Å². The number of hydrogen-bond acceptors (Lipinski definition) is 8. The van der Waals surface area contributed by atoms with Gasteiger partial charge in [0.1, 0.15) is 13.2 Å². The summed E-state index contributed by atoms with van der Waals surface area (Å²) in [4.78, 5) is 21.8. The van der Waals surface area contributed by atoms with Crippen LogP contribution in [0, 0.1) is 17.7 Å². The fourth-order valence-electron chi connectivity index (χ4n) is 4.75. The highest BCUT2D eigenvalue weighted by Crippen LogP contribution is 2.33. The number of carbonyl (C=O) groups excluding carboxylic acids is 1. The van der Waals surface area contributed by atoms with Crippen molar-refractivity contribution in [2.45, 2.75) is 32.6 Å². The van der Waals surface area contributed by atoms with Crippen molar-refractivity contribution in [1.29, 1.82) is 0 Å². The molecule has 0 aliphatic rings. The molecule has 6 N–H and O–H groups in total. The van der Waals surface area contributed by atoms with Gasteiger partial charge in [-0.05, 0) is 74.7 Å². The van der Waals surface area contributed by atoms with Gasteiger partial charge in [0.05, 0.1) is 11.9 Å². The van der Waals surface area contributed by atoms with Crippen LogP contribution in [-0.2, 0) is 17.6 Å². The minimum atomic E-state index is -0.477. The van der Waals surface area contributed by atoms with E-state index in [9.17, 15) is 4.79 Å². The third-order valence-electron chi connectivity index (χ3n) is 7.01. The van der Waals surface area contributed by atoms with Crippen molar-refractivity contribution in [3.8, 4) is 28.8 Å². The Bertz CT molecular complexity index is 1680. The van der Waals surface area contributed by atoms with Crippen molar-refractivity contribution < 1.29 is 18.7 Å². The van der Waals surface area contributed by atoms with Crippen LogP contribution in [0.2, 0.25) is 0 Å². The molecule has 2 aromatic heterocycles. The van der Waals surface area contributed by atoms with E-state index >= 15 is 4.39 Å². The molecule has 45 heavy (non-hydrogen) atoms. The van der Waals surface area contributed by atoms with E-state index < -0.39 is 5.82 Å². The highest BCUT2D eigenvalue weighted by molar-refractivity contribution is 5.96. The summed E-state index contributed by atoms with van der Waals surface area (Å²) in [6, 6.07) is 8.97. The molecule has 2 heterocycles. The van der Waals surface area contributed by atoms with Crippen LogP contribution >= 0.6 is 0 Å². The monoisotopic (exact) mass is 613 g/mol. The number of rotatable bonds is 16. The maximum atomic E-state index is 15.7. The van der Waals surface area contributed by atoms with Gasteiger partial charge in [-0.1, -0.05) is 24.8 Å². The average molecular weight is 614 g/mol. The smallest absolute Gasteiger partial charge is 0.251 e. The summed E-state index contributed by atoms with van der Waals surface area (Å²) in [5.41, 5.74) is 15.6. The summed E-state index contributed by atoms with van der Waals surface area (Å²) in [5, 5.41) is 6.24. The van der Waals surface area contributed by atoms with Crippen LogP contribution < -0.4 is 26.8 Å². The molecule has 2 aromatic carbocycles. The largest absolute Gasteiger partial charge is 0.478 e. The average Bonchev–Trinajstić information content (AvgIpc) is 3.49. The zero-order valence-corrected chi connectivity index (χ0v) is 25.6. The molecule has 4 aromatic rings. The van der Waals surface area contributed by atoms with Crippen molar-refractivity contribution in [2.75, 3.05) is 44.8 Å². The van der Waals surface area contributed by atoms with Crippen LogP contribution in [0.25, 0.3) is 16.9 Å². The van der Waals surface area contributed by atoms with E-state index in [4.69, 9.17) is 20.9 Å². The summed E-state index contributed by atoms with van der Waals surface area (Å²) in [5.74, 6) is 5.71. The normalized spacial score (nSPS) is 10.8. The van der Waals surface area contributed by atoms with Crippen molar-refractivity contribution in [1.82, 2.24) is 19.7 Å². The Hall–Kier alpha value is -4.76. The molecule has 0 atom stereocenters. The third kappa shape index (κ3) is 8.45. The lowest BCUT2D eigenvalue weighted by Gasteiger charge is -2.14. The summed E-state index contributed by atoms with van der Waals surface area (Å²) in [6.07, 6.45) is 9.22.